The Morgan fingerprint density at radius 2 is 1.94 bits per heavy atom. The maximum Gasteiger partial charge on any atom is 0.344 e. The number of hydrogen-bond donors (Lipinski definition) is 0. The Bertz CT molecular complexity index is 399. The number of hydrogen-bond acceptors (Lipinski definition) is 5. The Balaban J connectivity index is 2.47. The molecule has 17 heavy (non-hydrogen) atoms. The Hall–Kier alpha value is -2.11. The molecule has 92 valence electrons. The molecule has 6 nitrogen and oxygen atoms in total. The number of ether oxygens (including phenoxy) is 2. The second-order valence-corrected chi connectivity index (χ2v) is 3.58. The third-order valence-electron chi connectivity index (χ3n) is 1.77. The largest absolute Gasteiger partial charge is 0.482 e. The highest BCUT2D eigenvalue weighted by Crippen LogP contribution is 2.17. The van der Waals surface area contributed by atoms with Crippen LogP contribution in [-0.2, 0) is 9.53 Å². The molecule has 0 aliphatic heterocycles. The predicted octanol–water partition coefficient (Wildman–Crippen LogP) is 1.93. The van der Waals surface area contributed by atoms with Crippen LogP contribution in [0.25, 0.3) is 0 Å². The zero-order chi connectivity index (χ0) is 12.8. The highest BCUT2D eigenvalue weighted by Gasteiger charge is 2.08. The maximum atomic E-state index is 11.1. The van der Waals surface area contributed by atoms with Gasteiger partial charge in [-0.25, -0.2) is 4.79 Å². The summed E-state index contributed by atoms with van der Waals surface area (Å²) in [6.45, 7) is 3.27. The van der Waals surface area contributed by atoms with Gasteiger partial charge in [-0.05, 0) is 26.0 Å². The lowest BCUT2D eigenvalue weighted by atomic mass is 10.3. The summed E-state index contributed by atoms with van der Waals surface area (Å²) in [4.78, 5) is 21.0. The molecule has 0 aromatic heterocycles. The molecule has 0 atom stereocenters. The summed E-state index contributed by atoms with van der Waals surface area (Å²) >= 11 is 0. The van der Waals surface area contributed by atoms with E-state index in [1.165, 1.54) is 24.3 Å². The number of nitrogens with zero attached hydrogens (tertiary/aromatic N) is 1. The quantitative estimate of drug-likeness (QED) is 0.445. The summed E-state index contributed by atoms with van der Waals surface area (Å²) in [5.74, 6) is -0.0883. The summed E-state index contributed by atoms with van der Waals surface area (Å²) in [5, 5.41) is 10.4. The van der Waals surface area contributed by atoms with Crippen LogP contribution in [0.1, 0.15) is 13.8 Å². The van der Waals surface area contributed by atoms with Gasteiger partial charge in [0.15, 0.2) is 6.61 Å². The molecule has 0 radical (unpaired) electrons. The molecule has 1 aromatic rings. The lowest BCUT2D eigenvalue weighted by Crippen LogP contribution is -2.18. The molecule has 0 saturated heterocycles. The fourth-order valence-electron chi connectivity index (χ4n) is 1.10. The topological polar surface area (TPSA) is 78.7 Å². The van der Waals surface area contributed by atoms with Crippen LogP contribution in [-0.4, -0.2) is 23.6 Å². The van der Waals surface area contributed by atoms with E-state index in [-0.39, 0.29) is 18.4 Å². The van der Waals surface area contributed by atoms with E-state index in [0.29, 0.717) is 5.75 Å². The highest BCUT2D eigenvalue weighted by molar-refractivity contribution is 5.71. The van der Waals surface area contributed by atoms with Gasteiger partial charge in [-0.1, -0.05) is 0 Å². The van der Waals surface area contributed by atoms with Gasteiger partial charge >= 0.3 is 5.97 Å². The molecule has 0 spiro atoms. The maximum absolute atomic E-state index is 11.1. The Morgan fingerprint density at radius 3 is 2.41 bits per heavy atom. The summed E-state index contributed by atoms with van der Waals surface area (Å²) in [5.41, 5.74) is -0.0258. The first kappa shape index (κ1) is 13.0. The van der Waals surface area contributed by atoms with E-state index in [4.69, 9.17) is 9.47 Å². The van der Waals surface area contributed by atoms with Crippen LogP contribution in [0, 0.1) is 10.1 Å². The van der Waals surface area contributed by atoms with Crippen molar-refractivity contribution in [1.82, 2.24) is 0 Å². The number of nitro groups is 1. The molecular formula is C11H13NO5. The fourth-order valence-corrected chi connectivity index (χ4v) is 1.10. The zero-order valence-corrected chi connectivity index (χ0v) is 9.58. The summed E-state index contributed by atoms with van der Waals surface area (Å²) in [6.07, 6.45) is -0.192. The van der Waals surface area contributed by atoms with Crippen LogP contribution in [0.3, 0.4) is 0 Å². The van der Waals surface area contributed by atoms with Gasteiger partial charge in [0.05, 0.1) is 11.0 Å². The van der Waals surface area contributed by atoms with Crippen molar-refractivity contribution in [2.75, 3.05) is 6.61 Å². The lowest BCUT2D eigenvalue weighted by Gasteiger charge is -2.08. The third-order valence-corrected chi connectivity index (χ3v) is 1.77. The Kier molecular flexibility index (Phi) is 4.45. The van der Waals surface area contributed by atoms with Crippen LogP contribution in [0.2, 0.25) is 0 Å². The molecule has 0 amide bonds. The zero-order valence-electron chi connectivity index (χ0n) is 9.58. The van der Waals surface area contributed by atoms with Crippen LogP contribution in [0.5, 0.6) is 5.75 Å². The second-order valence-electron chi connectivity index (χ2n) is 3.58. The molecular weight excluding hydrogens is 226 g/mol. The lowest BCUT2D eigenvalue weighted by molar-refractivity contribution is -0.384. The first-order valence-corrected chi connectivity index (χ1v) is 5.06. The summed E-state index contributed by atoms with van der Waals surface area (Å²) in [7, 11) is 0. The van der Waals surface area contributed by atoms with E-state index < -0.39 is 10.9 Å². The minimum absolute atomic E-state index is 0.0258. The first-order chi connectivity index (χ1) is 7.99. The van der Waals surface area contributed by atoms with Gasteiger partial charge < -0.3 is 9.47 Å². The van der Waals surface area contributed by atoms with E-state index in [1.807, 2.05) is 0 Å². The summed E-state index contributed by atoms with van der Waals surface area (Å²) < 4.78 is 9.97. The van der Waals surface area contributed by atoms with Crippen LogP contribution in [0.15, 0.2) is 24.3 Å². The van der Waals surface area contributed by atoms with Gasteiger partial charge in [-0.15, -0.1) is 0 Å². The van der Waals surface area contributed by atoms with Crippen molar-refractivity contribution in [2.45, 2.75) is 20.0 Å². The molecule has 0 aliphatic rings. The number of esters is 1. The van der Waals surface area contributed by atoms with Crippen molar-refractivity contribution in [2.24, 2.45) is 0 Å². The third kappa shape index (κ3) is 4.50. The van der Waals surface area contributed by atoms with Gasteiger partial charge in [-0.2, -0.15) is 0 Å². The molecule has 0 unspecified atom stereocenters. The predicted molar refractivity (Wildman–Crippen MR) is 59.8 cm³/mol. The normalized spacial score (nSPS) is 10.1. The molecule has 0 aliphatic carbocycles. The van der Waals surface area contributed by atoms with Gasteiger partial charge in [-0.3, -0.25) is 10.1 Å². The van der Waals surface area contributed by atoms with E-state index in [9.17, 15) is 14.9 Å². The highest BCUT2D eigenvalue weighted by atomic mass is 16.6. The Morgan fingerprint density at radius 1 is 1.35 bits per heavy atom. The standard InChI is InChI=1S/C11H13NO5/c1-8(2)17-11(13)7-16-10-5-3-9(4-6-10)12(14)15/h3-6,8H,7H2,1-2H3. The number of nitro benzene ring substituents is 1. The smallest absolute Gasteiger partial charge is 0.344 e. The van der Waals surface area contributed by atoms with E-state index in [2.05, 4.69) is 0 Å². The molecule has 0 bridgehead atoms. The van der Waals surface area contributed by atoms with E-state index in [1.54, 1.807) is 13.8 Å². The average molecular weight is 239 g/mol. The van der Waals surface area contributed by atoms with Crippen molar-refractivity contribution in [3.63, 3.8) is 0 Å². The van der Waals surface area contributed by atoms with Gasteiger partial charge in [0.1, 0.15) is 5.75 Å². The van der Waals surface area contributed by atoms with E-state index in [0.717, 1.165) is 0 Å². The van der Waals surface area contributed by atoms with Gasteiger partial charge in [0, 0.05) is 12.1 Å². The average Bonchev–Trinajstić information content (AvgIpc) is 2.26. The van der Waals surface area contributed by atoms with Crippen molar-refractivity contribution in [3.05, 3.63) is 34.4 Å². The SMILES string of the molecule is CC(C)OC(=O)COc1ccc([N+](=O)[O-])cc1. The fraction of sp³-hybridized carbons (Fsp3) is 0.364. The Labute approximate surface area is 98.3 Å². The molecule has 0 fully saturated rings. The second kappa shape index (κ2) is 5.83. The van der Waals surface area contributed by atoms with Gasteiger partial charge in [0.25, 0.3) is 5.69 Å². The molecule has 1 rings (SSSR count). The first-order valence-electron chi connectivity index (χ1n) is 5.06. The number of rotatable bonds is 5. The summed E-state index contributed by atoms with van der Waals surface area (Å²) in [6, 6.07) is 5.48. The molecule has 0 heterocycles. The monoisotopic (exact) mass is 239 g/mol. The molecule has 0 N–H and O–H groups in total. The molecule has 0 saturated carbocycles. The number of carbonyl (C=O) groups is 1. The van der Waals surface area contributed by atoms with Crippen LogP contribution < -0.4 is 4.74 Å². The van der Waals surface area contributed by atoms with Crippen LogP contribution in [0.4, 0.5) is 5.69 Å². The minimum Gasteiger partial charge on any atom is -0.482 e. The van der Waals surface area contributed by atoms with Crippen molar-refractivity contribution in [3.8, 4) is 5.75 Å². The van der Waals surface area contributed by atoms with Crippen molar-refractivity contribution in [1.29, 1.82) is 0 Å². The minimum atomic E-state index is -0.503. The van der Waals surface area contributed by atoms with Crippen LogP contribution >= 0.6 is 0 Å². The van der Waals surface area contributed by atoms with Crippen molar-refractivity contribution >= 4 is 11.7 Å². The number of non-ortho nitro benzene ring substituents is 1. The number of carbonyl (C=O) groups excluding carboxylic acids is 1. The van der Waals surface area contributed by atoms with Crippen molar-refractivity contribution < 1.29 is 19.2 Å². The number of benzene rings is 1. The van der Waals surface area contributed by atoms with Gasteiger partial charge in [0.2, 0.25) is 0 Å². The molecule has 1 aromatic carbocycles. The van der Waals surface area contributed by atoms with E-state index >= 15 is 0 Å². The molecule has 6 heteroatoms.